The maximum absolute atomic E-state index is 5.50. The van der Waals surface area contributed by atoms with Crippen molar-refractivity contribution in [1.82, 2.24) is 4.33 Å². The molecule has 0 radical (unpaired) electrons. The highest BCUT2D eigenvalue weighted by Crippen LogP contribution is 2.43. The van der Waals surface area contributed by atoms with Gasteiger partial charge in [-0.05, 0) is 28.8 Å². The normalized spacial score (nSPS) is 13.1. The van der Waals surface area contributed by atoms with Crippen molar-refractivity contribution in [2.24, 2.45) is 7.05 Å². The number of terminal acetylenes is 1. The van der Waals surface area contributed by atoms with E-state index >= 15 is 0 Å². The Morgan fingerprint density at radius 2 is 2.00 bits per heavy atom. The molecule has 2 aromatic rings. The standard InChI is InChI=1S/C13H16NP/c1-6-15-12-8-7-10(13(2,3)4)9-11(12)14(15)5/h1,7-9H,2-5H3. The van der Waals surface area contributed by atoms with Crippen molar-refractivity contribution in [2.75, 3.05) is 0 Å². The van der Waals surface area contributed by atoms with Crippen LogP contribution < -0.4 is 0 Å². The van der Waals surface area contributed by atoms with Crippen molar-refractivity contribution < 1.29 is 0 Å². The Bertz CT molecular complexity index is 543. The van der Waals surface area contributed by atoms with Gasteiger partial charge in [-0.2, -0.15) is 0 Å². The third-order valence-corrected chi connectivity index (χ3v) is 4.74. The average Bonchev–Trinajstić information content (AvgIpc) is 2.16. The van der Waals surface area contributed by atoms with E-state index in [1.807, 2.05) is 0 Å². The molecule has 1 heterocycles. The highest BCUT2D eigenvalue weighted by Gasteiger charge is 2.17. The van der Waals surface area contributed by atoms with Gasteiger partial charge in [0.05, 0.1) is 5.52 Å². The van der Waals surface area contributed by atoms with Crippen LogP contribution in [0, 0.1) is 12.1 Å². The molecular weight excluding hydrogens is 201 g/mol. The monoisotopic (exact) mass is 217 g/mol. The number of fused-ring (bicyclic) bond motifs is 1. The molecule has 1 aromatic carbocycles. The van der Waals surface area contributed by atoms with Gasteiger partial charge >= 0.3 is 0 Å². The molecule has 2 heteroatoms. The molecule has 1 aromatic heterocycles. The summed E-state index contributed by atoms with van der Waals surface area (Å²) >= 11 is 0. The van der Waals surface area contributed by atoms with E-state index in [1.54, 1.807) is 0 Å². The molecule has 1 nitrogen and oxygen atoms in total. The van der Waals surface area contributed by atoms with E-state index < -0.39 is 7.69 Å². The van der Waals surface area contributed by atoms with Crippen LogP contribution in [0.5, 0.6) is 0 Å². The smallest absolute Gasteiger partial charge is 0.0581 e. The molecule has 0 fully saturated rings. The molecule has 0 spiro atoms. The summed E-state index contributed by atoms with van der Waals surface area (Å²) in [5.74, 6) is 0. The quantitative estimate of drug-likeness (QED) is 0.590. The molecular formula is C13H16NP. The fraction of sp³-hybridized carbons (Fsp3) is 0.385. The Kier molecular flexibility index (Phi) is 2.21. The molecule has 2 rings (SSSR count). The average molecular weight is 217 g/mol. The van der Waals surface area contributed by atoms with Crippen LogP contribution in [0.15, 0.2) is 18.2 Å². The number of benzene rings is 1. The van der Waals surface area contributed by atoms with E-state index in [0.29, 0.717) is 0 Å². The molecule has 0 N–H and O–H groups in total. The van der Waals surface area contributed by atoms with Gasteiger partial charge in [-0.1, -0.05) is 26.8 Å². The van der Waals surface area contributed by atoms with Crippen LogP contribution in [0.25, 0.3) is 10.6 Å². The molecule has 78 valence electrons. The molecule has 0 aliphatic rings. The molecule has 1 atom stereocenters. The molecule has 1 unspecified atom stereocenters. The molecule has 0 saturated heterocycles. The second-order valence-electron chi connectivity index (χ2n) is 4.92. The van der Waals surface area contributed by atoms with Gasteiger partial charge in [0.1, 0.15) is 0 Å². The van der Waals surface area contributed by atoms with E-state index in [4.69, 9.17) is 6.42 Å². The topological polar surface area (TPSA) is 4.93 Å². The molecule has 0 amide bonds. The third-order valence-electron chi connectivity index (χ3n) is 2.84. The first kappa shape index (κ1) is 10.4. The zero-order chi connectivity index (χ0) is 11.2. The Balaban J connectivity index is 2.61. The van der Waals surface area contributed by atoms with Crippen LogP contribution in [0.4, 0.5) is 0 Å². The Hall–Kier alpha value is -1.12. The van der Waals surface area contributed by atoms with Gasteiger partial charge < -0.3 is 4.33 Å². The van der Waals surface area contributed by atoms with Crippen LogP contribution in [-0.4, -0.2) is 4.33 Å². The summed E-state index contributed by atoms with van der Waals surface area (Å²) in [6.07, 6.45) is 5.50. The number of rotatable bonds is 0. The van der Waals surface area contributed by atoms with E-state index in [9.17, 15) is 0 Å². The van der Waals surface area contributed by atoms with Crippen molar-refractivity contribution in [1.29, 1.82) is 0 Å². The summed E-state index contributed by atoms with van der Waals surface area (Å²) < 4.78 is 2.22. The maximum atomic E-state index is 5.50. The lowest BCUT2D eigenvalue weighted by molar-refractivity contribution is 0.591. The number of nitrogens with zero attached hydrogens (tertiary/aromatic N) is 1. The lowest BCUT2D eigenvalue weighted by Gasteiger charge is -2.23. The van der Waals surface area contributed by atoms with Crippen LogP contribution in [-0.2, 0) is 12.5 Å². The SMILES string of the molecule is C#Cp1c2ccc(C(C)(C)C)cc2n1C. The summed E-state index contributed by atoms with van der Waals surface area (Å²) in [7, 11) is 1.62. The predicted octanol–water partition coefficient (Wildman–Crippen LogP) is 3.90. The fourth-order valence-corrected chi connectivity index (χ4v) is 3.33. The van der Waals surface area contributed by atoms with E-state index in [2.05, 4.69) is 56.0 Å². The lowest BCUT2D eigenvalue weighted by Crippen LogP contribution is -2.11. The van der Waals surface area contributed by atoms with Crippen LogP contribution in [0.1, 0.15) is 26.3 Å². The molecule has 0 aliphatic heterocycles. The molecule has 0 aliphatic carbocycles. The minimum atomic E-state index is -0.460. The fourth-order valence-electron chi connectivity index (χ4n) is 1.81. The first-order chi connectivity index (χ1) is 6.95. The summed E-state index contributed by atoms with van der Waals surface area (Å²) in [6.45, 7) is 6.70. The van der Waals surface area contributed by atoms with Crippen molar-refractivity contribution in [3.8, 4) is 12.1 Å². The predicted molar refractivity (Wildman–Crippen MR) is 68.6 cm³/mol. The zero-order valence-corrected chi connectivity index (χ0v) is 10.6. The minimum absolute atomic E-state index is 0.213. The van der Waals surface area contributed by atoms with Crippen molar-refractivity contribution in [3.05, 3.63) is 23.8 Å². The lowest BCUT2D eigenvalue weighted by atomic mass is 9.87. The van der Waals surface area contributed by atoms with Crippen molar-refractivity contribution >= 4 is 18.3 Å². The summed E-state index contributed by atoms with van der Waals surface area (Å²) in [4.78, 5) is 0. The van der Waals surface area contributed by atoms with E-state index in [0.717, 1.165) is 0 Å². The number of aryl methyl sites for hydroxylation is 1. The molecule has 0 saturated carbocycles. The maximum Gasteiger partial charge on any atom is 0.0581 e. The van der Waals surface area contributed by atoms with Gasteiger partial charge in [-0.3, -0.25) is 0 Å². The zero-order valence-electron chi connectivity index (χ0n) is 9.70. The number of hydrogen-bond donors (Lipinski definition) is 0. The first-order valence-corrected chi connectivity index (χ1v) is 6.39. The number of hydrogen-bond acceptors (Lipinski definition) is 0. The second kappa shape index (κ2) is 3.19. The minimum Gasteiger partial charge on any atom is -0.324 e. The summed E-state index contributed by atoms with van der Waals surface area (Å²) in [6, 6.07) is 6.67. The third kappa shape index (κ3) is 1.50. The van der Waals surface area contributed by atoms with Gasteiger partial charge in [-0.25, -0.2) is 0 Å². The Morgan fingerprint density at radius 3 is 2.53 bits per heavy atom. The second-order valence-corrected chi connectivity index (χ2v) is 6.88. The highest BCUT2D eigenvalue weighted by atomic mass is 31.1. The summed E-state index contributed by atoms with van der Waals surface area (Å²) in [5, 5.41) is 1.35. The van der Waals surface area contributed by atoms with Gasteiger partial charge in [0, 0.05) is 19.9 Å². The van der Waals surface area contributed by atoms with E-state index in [-0.39, 0.29) is 5.41 Å². The molecule has 0 bridgehead atoms. The number of aromatic nitrogens is 1. The largest absolute Gasteiger partial charge is 0.324 e. The van der Waals surface area contributed by atoms with Gasteiger partial charge in [0.2, 0.25) is 0 Å². The van der Waals surface area contributed by atoms with E-state index in [1.165, 1.54) is 16.2 Å². The van der Waals surface area contributed by atoms with Crippen molar-refractivity contribution in [3.63, 3.8) is 0 Å². The van der Waals surface area contributed by atoms with Crippen LogP contribution in [0.2, 0.25) is 0 Å². The van der Waals surface area contributed by atoms with Crippen LogP contribution >= 0.6 is 7.69 Å². The Labute approximate surface area is 92.2 Å². The molecule has 15 heavy (non-hydrogen) atoms. The van der Waals surface area contributed by atoms with Gasteiger partial charge in [0.25, 0.3) is 0 Å². The van der Waals surface area contributed by atoms with Crippen LogP contribution in [0.3, 0.4) is 0 Å². The van der Waals surface area contributed by atoms with Gasteiger partial charge in [-0.15, -0.1) is 6.42 Å². The summed E-state index contributed by atoms with van der Waals surface area (Å²) in [5.41, 5.74) is 5.76. The first-order valence-electron chi connectivity index (χ1n) is 5.09. The highest BCUT2D eigenvalue weighted by molar-refractivity contribution is 7.59. The Morgan fingerprint density at radius 1 is 1.33 bits per heavy atom. The van der Waals surface area contributed by atoms with Gasteiger partial charge in [0.15, 0.2) is 0 Å². The van der Waals surface area contributed by atoms with Crippen molar-refractivity contribution in [2.45, 2.75) is 26.2 Å².